The summed E-state index contributed by atoms with van der Waals surface area (Å²) in [7, 11) is 0. The Morgan fingerprint density at radius 2 is 2.10 bits per heavy atom. The minimum Gasteiger partial charge on any atom is -0.493 e. The van der Waals surface area contributed by atoms with E-state index in [0.717, 1.165) is 38.5 Å². The first-order valence-electron chi connectivity index (χ1n) is 9.95. The van der Waals surface area contributed by atoms with E-state index in [2.05, 4.69) is 42.1 Å². The van der Waals surface area contributed by atoms with Crippen molar-refractivity contribution in [1.29, 1.82) is 0 Å². The lowest BCUT2D eigenvalue weighted by molar-refractivity contribution is 0.0342. The summed E-state index contributed by atoms with van der Waals surface area (Å²) < 4.78 is 7.02. The number of aromatic hydroxyl groups is 1. The molecule has 1 aromatic carbocycles. The number of aromatic amines is 2. The third-order valence-electron chi connectivity index (χ3n) is 5.08. The van der Waals surface area contributed by atoms with Crippen LogP contribution in [-0.4, -0.2) is 60.9 Å². The van der Waals surface area contributed by atoms with Gasteiger partial charge in [-0.05, 0) is 23.8 Å². The molecule has 158 valence electrons. The summed E-state index contributed by atoms with van der Waals surface area (Å²) in [5.41, 5.74) is 2.89. The number of aromatic nitrogens is 5. The summed E-state index contributed by atoms with van der Waals surface area (Å²) in [6.45, 7) is 4.27. The normalized spacial score (nSPS) is 16.4. The van der Waals surface area contributed by atoms with E-state index in [-0.39, 0.29) is 11.6 Å². The van der Waals surface area contributed by atoms with Gasteiger partial charge in [0, 0.05) is 37.1 Å². The van der Waals surface area contributed by atoms with Crippen molar-refractivity contribution in [1.82, 2.24) is 29.5 Å². The highest BCUT2D eigenvalue weighted by Crippen LogP contribution is 2.15. The predicted molar refractivity (Wildman–Crippen MR) is 113 cm³/mol. The minimum absolute atomic E-state index is 0.234. The molecule has 1 aliphatic rings. The van der Waals surface area contributed by atoms with Crippen LogP contribution in [-0.2, 0) is 11.3 Å². The Labute approximate surface area is 176 Å². The lowest BCUT2D eigenvalue weighted by atomic mass is 10.2. The molecule has 0 bridgehead atoms. The SMILES string of the molecule is O=c1[nH]c(O)c(/C=c2\cnn3ccc(=Nc4cccc(CN5CCOCC5)c4)nc23)[nH]1. The molecule has 5 rings (SSSR count). The van der Waals surface area contributed by atoms with Gasteiger partial charge in [0.25, 0.3) is 0 Å². The maximum absolute atomic E-state index is 11.4. The Morgan fingerprint density at radius 3 is 2.90 bits per heavy atom. The van der Waals surface area contributed by atoms with Gasteiger partial charge < -0.3 is 14.8 Å². The molecule has 3 N–H and O–H groups in total. The van der Waals surface area contributed by atoms with Crippen LogP contribution in [0.15, 0.2) is 52.5 Å². The Bertz CT molecular complexity index is 1400. The van der Waals surface area contributed by atoms with Gasteiger partial charge in [-0.2, -0.15) is 5.10 Å². The smallest absolute Gasteiger partial charge is 0.326 e. The zero-order chi connectivity index (χ0) is 21.2. The molecule has 0 spiro atoms. The van der Waals surface area contributed by atoms with Crippen LogP contribution in [0.1, 0.15) is 11.3 Å². The van der Waals surface area contributed by atoms with Crippen LogP contribution < -0.4 is 16.4 Å². The lowest BCUT2D eigenvalue weighted by Gasteiger charge is -2.26. The molecule has 1 saturated heterocycles. The van der Waals surface area contributed by atoms with E-state index >= 15 is 0 Å². The van der Waals surface area contributed by atoms with Crippen LogP contribution in [0.5, 0.6) is 5.88 Å². The molecule has 31 heavy (non-hydrogen) atoms. The zero-order valence-corrected chi connectivity index (χ0v) is 16.7. The van der Waals surface area contributed by atoms with Crippen molar-refractivity contribution >= 4 is 17.4 Å². The standard InChI is InChI=1S/C21H21N7O3/c29-20-17(24-21(30)26-20)11-15-12-22-28-5-4-18(25-19(15)28)23-16-3-1-2-14(10-16)13-27-6-8-31-9-7-27/h1-5,10-12,29H,6-9,13H2,(H2,24,26,30)/b15-11+,23-18?. The van der Waals surface area contributed by atoms with Crippen molar-refractivity contribution in [3.05, 3.63) is 75.2 Å². The molecular weight excluding hydrogens is 398 g/mol. The van der Waals surface area contributed by atoms with Gasteiger partial charge in [-0.3, -0.25) is 9.88 Å². The summed E-state index contributed by atoms with van der Waals surface area (Å²) in [4.78, 5) is 27.8. The van der Waals surface area contributed by atoms with Crippen molar-refractivity contribution in [3.8, 4) is 5.88 Å². The van der Waals surface area contributed by atoms with Gasteiger partial charge in [-0.25, -0.2) is 19.3 Å². The van der Waals surface area contributed by atoms with E-state index in [0.29, 0.717) is 16.4 Å². The van der Waals surface area contributed by atoms with Gasteiger partial charge in [0.2, 0.25) is 5.88 Å². The summed E-state index contributed by atoms with van der Waals surface area (Å²) >= 11 is 0. The molecule has 0 atom stereocenters. The van der Waals surface area contributed by atoms with E-state index in [1.807, 2.05) is 12.1 Å². The van der Waals surface area contributed by atoms with Crippen molar-refractivity contribution in [2.75, 3.05) is 26.3 Å². The number of fused-ring (bicyclic) bond motifs is 1. The summed E-state index contributed by atoms with van der Waals surface area (Å²) in [5, 5.41) is 14.7. The number of rotatable bonds is 4. The van der Waals surface area contributed by atoms with E-state index in [1.54, 1.807) is 29.1 Å². The number of morpholine rings is 1. The average molecular weight is 419 g/mol. The van der Waals surface area contributed by atoms with Crippen LogP contribution in [0.25, 0.3) is 11.7 Å². The lowest BCUT2D eigenvalue weighted by Crippen LogP contribution is -2.35. The third-order valence-corrected chi connectivity index (χ3v) is 5.08. The monoisotopic (exact) mass is 419 g/mol. The number of hydrogen-bond acceptors (Lipinski definition) is 7. The summed E-state index contributed by atoms with van der Waals surface area (Å²) in [6.07, 6.45) is 4.99. The number of benzene rings is 1. The minimum atomic E-state index is -0.485. The van der Waals surface area contributed by atoms with Gasteiger partial charge in [-0.15, -0.1) is 0 Å². The molecule has 4 heterocycles. The predicted octanol–water partition coefficient (Wildman–Crippen LogP) is 0.0636. The van der Waals surface area contributed by atoms with Crippen LogP contribution in [0.2, 0.25) is 0 Å². The van der Waals surface area contributed by atoms with Crippen LogP contribution >= 0.6 is 0 Å². The van der Waals surface area contributed by atoms with Crippen LogP contribution in [0.4, 0.5) is 5.69 Å². The second-order valence-corrected chi connectivity index (χ2v) is 7.31. The molecule has 10 nitrogen and oxygen atoms in total. The van der Waals surface area contributed by atoms with Crippen LogP contribution in [0, 0.1) is 0 Å². The van der Waals surface area contributed by atoms with Crippen molar-refractivity contribution in [2.45, 2.75) is 6.54 Å². The summed E-state index contributed by atoms with van der Waals surface area (Å²) in [6, 6.07) is 9.89. The fraction of sp³-hybridized carbons (Fsp3) is 0.238. The maximum Gasteiger partial charge on any atom is 0.326 e. The first kappa shape index (κ1) is 19.2. The largest absolute Gasteiger partial charge is 0.493 e. The number of imidazole rings is 1. The number of H-pyrrole nitrogens is 2. The Hall–Kier alpha value is -3.76. The topological polar surface area (TPSA) is 124 Å². The van der Waals surface area contributed by atoms with E-state index in [9.17, 15) is 9.90 Å². The third kappa shape index (κ3) is 4.25. The Morgan fingerprint density at radius 1 is 1.23 bits per heavy atom. The Balaban J connectivity index is 1.48. The van der Waals surface area contributed by atoms with E-state index in [1.165, 1.54) is 5.56 Å². The highest BCUT2D eigenvalue weighted by Gasteiger charge is 2.10. The van der Waals surface area contributed by atoms with Gasteiger partial charge >= 0.3 is 5.69 Å². The number of nitrogens with zero attached hydrogens (tertiary/aromatic N) is 5. The highest BCUT2D eigenvalue weighted by molar-refractivity contribution is 5.56. The Kier molecular flexibility index (Phi) is 5.06. The number of ether oxygens (including phenoxy) is 1. The molecule has 0 unspecified atom stereocenters. The molecule has 3 aromatic heterocycles. The zero-order valence-electron chi connectivity index (χ0n) is 16.7. The van der Waals surface area contributed by atoms with Crippen molar-refractivity contribution in [3.63, 3.8) is 0 Å². The average Bonchev–Trinajstić information content (AvgIpc) is 3.31. The number of hydrogen-bond donors (Lipinski definition) is 3. The molecule has 0 amide bonds. The first-order chi connectivity index (χ1) is 15.1. The molecular formula is C21H21N7O3. The highest BCUT2D eigenvalue weighted by atomic mass is 16.5. The van der Waals surface area contributed by atoms with Gasteiger partial charge in [-0.1, -0.05) is 12.1 Å². The molecule has 4 aromatic rings. The quantitative estimate of drug-likeness (QED) is 0.430. The molecule has 0 saturated carbocycles. The first-order valence-corrected chi connectivity index (χ1v) is 9.95. The second kappa shape index (κ2) is 8.17. The van der Waals surface area contributed by atoms with E-state index < -0.39 is 5.69 Å². The fourth-order valence-corrected chi connectivity index (χ4v) is 3.56. The summed E-state index contributed by atoms with van der Waals surface area (Å²) in [5.74, 6) is -0.234. The molecule has 0 aliphatic carbocycles. The number of nitrogens with one attached hydrogen (secondary N) is 2. The van der Waals surface area contributed by atoms with E-state index in [4.69, 9.17) is 4.74 Å². The molecule has 1 fully saturated rings. The van der Waals surface area contributed by atoms with Gasteiger partial charge in [0.15, 0.2) is 11.1 Å². The molecule has 10 heteroatoms. The van der Waals surface area contributed by atoms with Crippen LogP contribution in [0.3, 0.4) is 0 Å². The molecule has 1 aliphatic heterocycles. The van der Waals surface area contributed by atoms with Crippen molar-refractivity contribution < 1.29 is 9.84 Å². The maximum atomic E-state index is 11.4. The molecule has 0 radical (unpaired) electrons. The fourth-order valence-electron chi connectivity index (χ4n) is 3.56. The van der Waals surface area contributed by atoms with Crippen molar-refractivity contribution in [2.24, 2.45) is 4.99 Å². The van der Waals surface area contributed by atoms with Gasteiger partial charge in [0.05, 0.1) is 25.1 Å². The second-order valence-electron chi connectivity index (χ2n) is 7.31. The van der Waals surface area contributed by atoms with Gasteiger partial charge in [0.1, 0.15) is 5.69 Å².